The van der Waals surface area contributed by atoms with E-state index in [2.05, 4.69) is 210 Å². The molecule has 0 aliphatic heterocycles. The number of fused-ring (bicyclic) bond motifs is 2. The molecule has 0 fully saturated rings. The summed E-state index contributed by atoms with van der Waals surface area (Å²) in [6.45, 7) is 0. The van der Waals surface area contributed by atoms with E-state index in [0.717, 1.165) is 67.2 Å². The molecule has 0 saturated heterocycles. The number of hydrogen-bond donors (Lipinski definition) is 0. The molecule has 4 heteroatoms. The van der Waals surface area contributed by atoms with Crippen molar-refractivity contribution in [2.75, 3.05) is 4.90 Å². The first-order valence-electron chi connectivity index (χ1n) is 21.1. The number of benzene rings is 9. The average Bonchev–Trinajstić information content (AvgIpc) is 3.37. The summed E-state index contributed by atoms with van der Waals surface area (Å²) in [6.07, 6.45) is 3.72. The number of para-hydroxylation sites is 2. The molecule has 1 radical (unpaired) electrons. The fraction of sp³-hybridized carbons (Fsp3) is 0. The molecular weight excluding hydrogens is 955 g/mol. The molecular formula is C60H41IrN3-2. The third kappa shape index (κ3) is 9.07. The van der Waals surface area contributed by atoms with Crippen molar-refractivity contribution in [1.82, 2.24) is 9.97 Å². The van der Waals surface area contributed by atoms with E-state index in [1.165, 1.54) is 27.3 Å². The smallest absolute Gasteiger partial charge is 0.0473 e. The number of aromatic nitrogens is 2. The van der Waals surface area contributed by atoms with E-state index in [1.807, 2.05) is 60.9 Å². The van der Waals surface area contributed by atoms with Crippen LogP contribution in [0, 0.1) is 12.1 Å². The summed E-state index contributed by atoms with van der Waals surface area (Å²) in [5.74, 6) is 0. The van der Waals surface area contributed by atoms with E-state index >= 15 is 0 Å². The van der Waals surface area contributed by atoms with E-state index < -0.39 is 0 Å². The number of hydrogen-bond acceptors (Lipinski definition) is 3. The Balaban J connectivity index is 0.000000256. The minimum absolute atomic E-state index is 0. The van der Waals surface area contributed by atoms with Crippen LogP contribution >= 0.6 is 0 Å². The van der Waals surface area contributed by atoms with Crippen LogP contribution in [0.3, 0.4) is 0 Å². The number of nitrogens with zero attached hydrogens (tertiary/aromatic N) is 3. The predicted molar refractivity (Wildman–Crippen MR) is 263 cm³/mol. The van der Waals surface area contributed by atoms with Gasteiger partial charge in [-0.25, -0.2) is 0 Å². The largest absolute Gasteiger partial charge is 0.310 e. The van der Waals surface area contributed by atoms with Gasteiger partial charge in [-0.2, -0.15) is 0 Å². The topological polar surface area (TPSA) is 29.0 Å². The minimum atomic E-state index is 0. The first-order valence-corrected chi connectivity index (χ1v) is 21.1. The van der Waals surface area contributed by atoms with Gasteiger partial charge in [-0.1, -0.05) is 133 Å². The van der Waals surface area contributed by atoms with Crippen LogP contribution in [0.4, 0.5) is 17.1 Å². The Morgan fingerprint density at radius 3 is 1.39 bits per heavy atom. The third-order valence-corrected chi connectivity index (χ3v) is 11.2. The molecule has 0 unspecified atom stereocenters. The number of rotatable bonds is 8. The first kappa shape index (κ1) is 41.6. The Hall–Kier alpha value is -7.75. The van der Waals surface area contributed by atoms with Gasteiger partial charge in [0.05, 0.1) is 0 Å². The Bertz CT molecular complexity index is 3230. The van der Waals surface area contributed by atoms with Crippen molar-refractivity contribution in [3.63, 3.8) is 0 Å². The summed E-state index contributed by atoms with van der Waals surface area (Å²) in [7, 11) is 0. The summed E-state index contributed by atoms with van der Waals surface area (Å²) in [6, 6.07) is 89.2. The van der Waals surface area contributed by atoms with Crippen molar-refractivity contribution < 1.29 is 20.1 Å². The van der Waals surface area contributed by atoms with E-state index in [4.69, 9.17) is 4.98 Å². The van der Waals surface area contributed by atoms with Crippen LogP contribution in [0.2, 0.25) is 0 Å². The third-order valence-electron chi connectivity index (χ3n) is 11.2. The monoisotopic (exact) mass is 996 g/mol. The van der Waals surface area contributed by atoms with Crippen molar-refractivity contribution >= 4 is 38.6 Å². The summed E-state index contributed by atoms with van der Waals surface area (Å²) in [5, 5.41) is 4.69. The van der Waals surface area contributed by atoms with Crippen LogP contribution in [0.1, 0.15) is 0 Å². The van der Waals surface area contributed by atoms with Crippen LogP contribution in [0.25, 0.3) is 77.4 Å². The van der Waals surface area contributed by atoms with Crippen molar-refractivity contribution in [1.29, 1.82) is 0 Å². The standard InChI is InChI=1S/C45H31N2.C15H10N.Ir/c1-4-14-33(15-5-1)39-30-40(32-43(31-39)47(41-21-6-2-7-22-41)42-23-8-3-9-24-42)37-19-12-17-35(28-37)36-18-13-20-38(29-36)45-44-25-11-10-16-34(44)26-27-46-45;1-2-7-13(8-3-1)15-14-9-5-4-6-12(14)10-11-16-15;/h1-19,21-32H;1-7,9-11H;/q2*-1;. The van der Waals surface area contributed by atoms with Crippen LogP contribution in [-0.2, 0) is 20.1 Å². The van der Waals surface area contributed by atoms with E-state index in [-0.39, 0.29) is 20.1 Å². The zero-order chi connectivity index (χ0) is 42.2. The molecule has 0 saturated carbocycles. The van der Waals surface area contributed by atoms with Crippen molar-refractivity contribution in [3.8, 4) is 55.9 Å². The quantitative estimate of drug-likeness (QED) is 0.142. The maximum atomic E-state index is 4.76. The molecule has 0 atom stereocenters. The second-order valence-corrected chi connectivity index (χ2v) is 15.3. The second kappa shape index (κ2) is 19.5. The van der Waals surface area contributed by atoms with Gasteiger partial charge in [0, 0.05) is 49.6 Å². The van der Waals surface area contributed by atoms with Crippen molar-refractivity contribution in [2.45, 2.75) is 0 Å². The Morgan fingerprint density at radius 2 is 0.781 bits per heavy atom. The van der Waals surface area contributed by atoms with E-state index in [9.17, 15) is 0 Å². The molecule has 11 aromatic rings. The zero-order valence-corrected chi connectivity index (χ0v) is 37.2. The normalized spacial score (nSPS) is 10.7. The van der Waals surface area contributed by atoms with Gasteiger partial charge in [0.25, 0.3) is 0 Å². The molecule has 11 rings (SSSR count). The van der Waals surface area contributed by atoms with Gasteiger partial charge < -0.3 is 14.9 Å². The zero-order valence-electron chi connectivity index (χ0n) is 34.8. The van der Waals surface area contributed by atoms with Crippen LogP contribution in [0.5, 0.6) is 0 Å². The summed E-state index contributed by atoms with van der Waals surface area (Å²) < 4.78 is 0. The molecule has 9 aromatic carbocycles. The van der Waals surface area contributed by atoms with E-state index in [0.29, 0.717) is 0 Å². The predicted octanol–water partition coefficient (Wildman–Crippen LogP) is 15.9. The molecule has 0 amide bonds. The van der Waals surface area contributed by atoms with Crippen LogP contribution < -0.4 is 4.90 Å². The SMILES string of the molecule is [Ir].[c-]1ccc(-c2cccc(-c3cc(-c4ccccc4)cc(N(c4ccccc4)c4ccccc4)c3)c2)cc1-c1nccc2ccccc12.[c-]1ccccc1-c1nccc2ccccc12. The molecule has 0 bridgehead atoms. The van der Waals surface area contributed by atoms with Gasteiger partial charge in [-0.3, -0.25) is 0 Å². The Morgan fingerprint density at radius 1 is 0.312 bits per heavy atom. The molecule has 0 N–H and O–H groups in total. The van der Waals surface area contributed by atoms with Gasteiger partial charge in [0.2, 0.25) is 0 Å². The molecule has 3 nitrogen and oxygen atoms in total. The number of pyridine rings is 2. The fourth-order valence-corrected chi connectivity index (χ4v) is 8.18. The number of anilines is 3. The van der Waals surface area contributed by atoms with Crippen molar-refractivity contribution in [2.24, 2.45) is 0 Å². The first-order chi connectivity index (χ1) is 31.2. The van der Waals surface area contributed by atoms with Crippen LogP contribution in [0.15, 0.2) is 249 Å². The molecule has 2 heterocycles. The van der Waals surface area contributed by atoms with Gasteiger partial charge in [-0.15, -0.1) is 71.3 Å². The Labute approximate surface area is 388 Å². The molecule has 0 aliphatic carbocycles. The average molecular weight is 996 g/mol. The molecule has 0 spiro atoms. The van der Waals surface area contributed by atoms with Gasteiger partial charge in [0.1, 0.15) is 0 Å². The van der Waals surface area contributed by atoms with Gasteiger partial charge in [-0.05, 0) is 121 Å². The van der Waals surface area contributed by atoms with Gasteiger partial charge >= 0.3 is 0 Å². The molecule has 2 aromatic heterocycles. The maximum Gasteiger partial charge on any atom is 0.0473 e. The molecule has 64 heavy (non-hydrogen) atoms. The van der Waals surface area contributed by atoms with Gasteiger partial charge in [0.15, 0.2) is 0 Å². The molecule has 0 aliphatic rings. The fourth-order valence-electron chi connectivity index (χ4n) is 8.18. The summed E-state index contributed by atoms with van der Waals surface area (Å²) in [4.78, 5) is 11.5. The second-order valence-electron chi connectivity index (χ2n) is 15.3. The summed E-state index contributed by atoms with van der Waals surface area (Å²) >= 11 is 0. The van der Waals surface area contributed by atoms with E-state index in [1.54, 1.807) is 0 Å². The van der Waals surface area contributed by atoms with Crippen LogP contribution in [-0.4, -0.2) is 9.97 Å². The Kier molecular flexibility index (Phi) is 12.7. The summed E-state index contributed by atoms with van der Waals surface area (Å²) in [5.41, 5.74) is 14.2. The maximum absolute atomic E-state index is 4.76. The van der Waals surface area contributed by atoms with Crippen molar-refractivity contribution in [3.05, 3.63) is 261 Å². The minimum Gasteiger partial charge on any atom is -0.310 e. The molecule has 307 valence electrons.